The first-order chi connectivity index (χ1) is 14.7. The van der Waals surface area contributed by atoms with Gasteiger partial charge in [0.15, 0.2) is 0 Å². The third kappa shape index (κ3) is 5.68. The number of carbonyl (C=O) groups is 1. The Labute approximate surface area is 187 Å². The van der Waals surface area contributed by atoms with Crippen molar-refractivity contribution in [3.05, 3.63) is 35.4 Å². The van der Waals surface area contributed by atoms with Gasteiger partial charge in [-0.05, 0) is 89.3 Å². The summed E-state index contributed by atoms with van der Waals surface area (Å²) in [7, 11) is 2.15. The molecule has 1 aliphatic carbocycles. The molecular formula is C26H37N3O2. The van der Waals surface area contributed by atoms with Gasteiger partial charge < -0.3 is 14.9 Å². The molecule has 2 heterocycles. The van der Waals surface area contributed by atoms with Crippen molar-refractivity contribution in [2.45, 2.75) is 51.7 Å². The van der Waals surface area contributed by atoms with Crippen molar-refractivity contribution in [1.29, 1.82) is 0 Å². The third-order valence-electron chi connectivity index (χ3n) is 7.24. The van der Waals surface area contributed by atoms with Crippen LogP contribution in [0.4, 0.5) is 0 Å². The van der Waals surface area contributed by atoms with Gasteiger partial charge in [0.25, 0.3) is 0 Å². The normalized spacial score (nSPS) is 24.4. The van der Waals surface area contributed by atoms with Gasteiger partial charge in [0.05, 0.1) is 0 Å². The molecule has 3 aliphatic rings. The standard InChI is InChI=1S/C26H37N3O2/c1-25(2,31)10-9-21-5-7-22(8-6-21)20-28-15-11-26(12-16-28)19-23(26)24(30)29-14-4-13-27(3)17-18-29/h5-8,23,31H,4,11-20H2,1-3H3. The van der Waals surface area contributed by atoms with E-state index in [1.54, 1.807) is 13.8 Å². The number of piperidine rings is 1. The number of aliphatic hydroxyl groups is 1. The summed E-state index contributed by atoms with van der Waals surface area (Å²) in [5, 5.41) is 9.74. The second-order valence-electron chi connectivity index (χ2n) is 10.4. The minimum atomic E-state index is -0.964. The molecule has 4 rings (SSSR count). The summed E-state index contributed by atoms with van der Waals surface area (Å²) in [6.45, 7) is 10.4. The van der Waals surface area contributed by atoms with Crippen LogP contribution in [0, 0.1) is 23.2 Å². The quantitative estimate of drug-likeness (QED) is 0.759. The number of benzene rings is 1. The Bertz CT molecular complexity index is 838. The van der Waals surface area contributed by atoms with Crippen LogP contribution in [0.15, 0.2) is 24.3 Å². The molecule has 31 heavy (non-hydrogen) atoms. The van der Waals surface area contributed by atoms with E-state index >= 15 is 0 Å². The molecule has 1 unspecified atom stereocenters. The Morgan fingerprint density at radius 3 is 2.48 bits per heavy atom. The minimum absolute atomic E-state index is 0.270. The van der Waals surface area contributed by atoms with Gasteiger partial charge in [-0.25, -0.2) is 0 Å². The van der Waals surface area contributed by atoms with Gasteiger partial charge in [-0.2, -0.15) is 0 Å². The van der Waals surface area contributed by atoms with Gasteiger partial charge >= 0.3 is 0 Å². The highest BCUT2D eigenvalue weighted by Crippen LogP contribution is 2.60. The zero-order chi connectivity index (χ0) is 22.1. The molecule has 0 aromatic heterocycles. The molecule has 3 fully saturated rings. The van der Waals surface area contributed by atoms with E-state index in [0.29, 0.717) is 5.91 Å². The fourth-order valence-corrected chi connectivity index (χ4v) is 5.07. The Morgan fingerprint density at radius 2 is 1.81 bits per heavy atom. The summed E-state index contributed by atoms with van der Waals surface area (Å²) in [5.74, 6) is 6.58. The fourth-order valence-electron chi connectivity index (χ4n) is 5.07. The average molecular weight is 424 g/mol. The van der Waals surface area contributed by atoms with Gasteiger partial charge in [0.1, 0.15) is 5.60 Å². The molecule has 2 aliphatic heterocycles. The van der Waals surface area contributed by atoms with Crippen LogP contribution in [0.5, 0.6) is 0 Å². The molecule has 1 aromatic rings. The lowest BCUT2D eigenvalue weighted by atomic mass is 9.90. The molecule has 1 spiro atoms. The van der Waals surface area contributed by atoms with E-state index in [2.05, 4.69) is 45.7 Å². The monoisotopic (exact) mass is 423 g/mol. The van der Waals surface area contributed by atoms with Gasteiger partial charge in [-0.15, -0.1) is 0 Å². The number of carbonyl (C=O) groups excluding carboxylic acids is 1. The largest absolute Gasteiger partial charge is 0.378 e. The lowest BCUT2D eigenvalue weighted by Crippen LogP contribution is -2.39. The molecule has 5 heteroatoms. The van der Waals surface area contributed by atoms with E-state index in [4.69, 9.17) is 0 Å². The SMILES string of the molecule is CN1CCCN(C(=O)C2CC23CCN(Cc2ccc(C#CC(C)(C)O)cc2)CC3)CC1. The van der Waals surface area contributed by atoms with Crippen LogP contribution in [-0.4, -0.2) is 77.6 Å². The maximum Gasteiger partial charge on any atom is 0.226 e. The number of likely N-dealkylation sites (tertiary alicyclic amines) is 1. The predicted molar refractivity (Wildman–Crippen MR) is 123 cm³/mol. The van der Waals surface area contributed by atoms with E-state index in [1.165, 1.54) is 5.56 Å². The smallest absolute Gasteiger partial charge is 0.226 e. The highest BCUT2D eigenvalue weighted by Gasteiger charge is 2.59. The van der Waals surface area contributed by atoms with Gasteiger partial charge in [0, 0.05) is 37.7 Å². The Hall–Kier alpha value is -1.87. The van der Waals surface area contributed by atoms with Crippen LogP contribution in [0.3, 0.4) is 0 Å². The van der Waals surface area contributed by atoms with Crippen LogP contribution < -0.4 is 0 Å². The zero-order valence-electron chi connectivity index (χ0n) is 19.4. The molecule has 1 atom stereocenters. The molecule has 1 aromatic carbocycles. The van der Waals surface area contributed by atoms with Crippen LogP contribution in [0.2, 0.25) is 0 Å². The van der Waals surface area contributed by atoms with Crippen molar-refractivity contribution in [3.63, 3.8) is 0 Å². The molecule has 5 nitrogen and oxygen atoms in total. The van der Waals surface area contributed by atoms with E-state index < -0.39 is 5.60 Å². The summed E-state index contributed by atoms with van der Waals surface area (Å²) in [6.07, 6.45) is 4.48. The number of likely N-dealkylation sites (N-methyl/N-ethyl adjacent to an activating group) is 1. The molecule has 168 valence electrons. The van der Waals surface area contributed by atoms with E-state index in [-0.39, 0.29) is 11.3 Å². The number of nitrogens with zero attached hydrogens (tertiary/aromatic N) is 3. The van der Waals surface area contributed by atoms with Crippen molar-refractivity contribution < 1.29 is 9.90 Å². The van der Waals surface area contributed by atoms with Gasteiger partial charge in [0.2, 0.25) is 5.91 Å². The molecule has 1 saturated carbocycles. The zero-order valence-corrected chi connectivity index (χ0v) is 19.4. The van der Waals surface area contributed by atoms with E-state index in [1.807, 2.05) is 12.1 Å². The second kappa shape index (κ2) is 8.94. The summed E-state index contributed by atoms with van der Waals surface area (Å²) in [6, 6.07) is 8.35. The van der Waals surface area contributed by atoms with Crippen molar-refractivity contribution in [1.82, 2.24) is 14.7 Å². The molecule has 1 amide bonds. The highest BCUT2D eigenvalue weighted by atomic mass is 16.3. The van der Waals surface area contributed by atoms with Gasteiger partial charge in [-0.3, -0.25) is 9.69 Å². The van der Waals surface area contributed by atoms with E-state index in [9.17, 15) is 9.90 Å². The first kappa shape index (κ1) is 22.3. The summed E-state index contributed by atoms with van der Waals surface area (Å²) in [5.41, 5.74) is 1.54. The van der Waals surface area contributed by atoms with Crippen LogP contribution in [0.1, 0.15) is 50.7 Å². The maximum absolute atomic E-state index is 13.1. The fraction of sp³-hybridized carbons (Fsp3) is 0.654. The van der Waals surface area contributed by atoms with Crippen molar-refractivity contribution in [3.8, 4) is 11.8 Å². The number of hydrogen-bond donors (Lipinski definition) is 1. The van der Waals surface area contributed by atoms with Crippen LogP contribution >= 0.6 is 0 Å². The van der Waals surface area contributed by atoms with Gasteiger partial charge in [-0.1, -0.05) is 24.0 Å². The maximum atomic E-state index is 13.1. The number of rotatable bonds is 3. The molecule has 0 radical (unpaired) electrons. The third-order valence-corrected chi connectivity index (χ3v) is 7.24. The van der Waals surface area contributed by atoms with Crippen molar-refractivity contribution in [2.24, 2.45) is 11.3 Å². The van der Waals surface area contributed by atoms with Crippen LogP contribution in [-0.2, 0) is 11.3 Å². The average Bonchev–Trinajstić information content (AvgIpc) is 3.48. The molecular weight excluding hydrogens is 386 g/mol. The number of amides is 1. The second-order valence-corrected chi connectivity index (χ2v) is 10.4. The topological polar surface area (TPSA) is 47.0 Å². The molecule has 1 N–H and O–H groups in total. The Kier molecular flexibility index (Phi) is 6.44. The Morgan fingerprint density at radius 1 is 1.10 bits per heavy atom. The van der Waals surface area contributed by atoms with Crippen molar-refractivity contribution in [2.75, 3.05) is 46.3 Å². The van der Waals surface area contributed by atoms with Crippen molar-refractivity contribution >= 4 is 5.91 Å². The minimum Gasteiger partial charge on any atom is -0.378 e. The summed E-state index contributed by atoms with van der Waals surface area (Å²) < 4.78 is 0. The molecule has 0 bridgehead atoms. The van der Waals surface area contributed by atoms with E-state index in [0.717, 1.165) is 77.1 Å². The lowest BCUT2D eigenvalue weighted by molar-refractivity contribution is -0.133. The van der Waals surface area contributed by atoms with Crippen LogP contribution in [0.25, 0.3) is 0 Å². The number of hydrogen-bond acceptors (Lipinski definition) is 4. The summed E-state index contributed by atoms with van der Waals surface area (Å²) in [4.78, 5) is 20.1. The first-order valence-electron chi connectivity index (χ1n) is 11.8. The molecule has 2 saturated heterocycles. The first-order valence-corrected chi connectivity index (χ1v) is 11.8. The predicted octanol–water partition coefficient (Wildman–Crippen LogP) is 2.58. The lowest BCUT2D eigenvalue weighted by Gasteiger charge is -2.33. The highest BCUT2D eigenvalue weighted by molar-refractivity contribution is 5.82. The Balaban J connectivity index is 1.26. The summed E-state index contributed by atoms with van der Waals surface area (Å²) >= 11 is 0.